The van der Waals surface area contributed by atoms with Crippen LogP contribution in [-0.4, -0.2) is 82.0 Å². The Morgan fingerprint density at radius 1 is 1.29 bits per heavy atom. The molecule has 0 radical (unpaired) electrons. The fraction of sp³-hybridized carbons (Fsp3) is 0.417. The molecule has 2 aliphatic rings. The van der Waals surface area contributed by atoms with E-state index in [2.05, 4.69) is 21.1 Å². The fourth-order valence-electron chi connectivity index (χ4n) is 4.37. The van der Waals surface area contributed by atoms with Crippen molar-refractivity contribution in [2.75, 3.05) is 44.3 Å². The number of pyridine rings is 2. The summed E-state index contributed by atoms with van der Waals surface area (Å²) >= 11 is 0. The second-order valence-corrected chi connectivity index (χ2v) is 8.98. The van der Waals surface area contributed by atoms with Gasteiger partial charge in [-0.25, -0.2) is 14.3 Å². The van der Waals surface area contributed by atoms with Crippen molar-refractivity contribution in [1.82, 2.24) is 19.5 Å². The van der Waals surface area contributed by atoms with Crippen molar-refractivity contribution >= 4 is 17.4 Å². The van der Waals surface area contributed by atoms with Gasteiger partial charge in [0.2, 0.25) is 0 Å². The van der Waals surface area contributed by atoms with Crippen molar-refractivity contribution in [3.05, 3.63) is 42.4 Å². The van der Waals surface area contributed by atoms with Gasteiger partial charge in [0, 0.05) is 43.5 Å². The van der Waals surface area contributed by atoms with Crippen molar-refractivity contribution < 1.29 is 24.1 Å². The number of nitriles is 1. The number of fused-ring (bicyclic) bond motifs is 1. The maximum Gasteiger partial charge on any atom is 0.407 e. The Morgan fingerprint density at radius 2 is 2.09 bits per heavy atom. The summed E-state index contributed by atoms with van der Waals surface area (Å²) in [4.78, 5) is 19.2. The van der Waals surface area contributed by atoms with E-state index < -0.39 is 11.9 Å². The molecule has 0 aliphatic carbocycles. The van der Waals surface area contributed by atoms with E-state index in [9.17, 15) is 10.1 Å². The van der Waals surface area contributed by atoms with Crippen LogP contribution < -0.4 is 9.64 Å². The average molecular weight is 479 g/mol. The zero-order valence-electron chi connectivity index (χ0n) is 19.5. The summed E-state index contributed by atoms with van der Waals surface area (Å²) in [6, 6.07) is 7.92. The Labute approximate surface area is 202 Å². The monoisotopic (exact) mass is 478 g/mol. The standard InChI is InChI=1S/C24H26N6O5/c1-24(2)34-15-19(35-24)14-33-18-9-20(22-17(10-25)12-27-30(22)13-18)16-3-4-21(26-11-16)28-5-7-29(8-6-28)23(31)32/h3-4,9,11-13,19H,5-8,14-15H2,1-2H3,(H,31,32)/t19-/m0/s1. The number of carbonyl (C=O) groups is 1. The predicted molar refractivity (Wildman–Crippen MR) is 125 cm³/mol. The van der Waals surface area contributed by atoms with Gasteiger partial charge in [-0.05, 0) is 32.0 Å². The second-order valence-electron chi connectivity index (χ2n) is 8.98. The Hall–Kier alpha value is -3.88. The quantitative estimate of drug-likeness (QED) is 0.589. The van der Waals surface area contributed by atoms with Crippen LogP contribution in [-0.2, 0) is 9.47 Å². The molecule has 5 rings (SSSR count). The molecular formula is C24H26N6O5. The van der Waals surface area contributed by atoms with Crippen LogP contribution >= 0.6 is 0 Å². The molecule has 1 amide bonds. The summed E-state index contributed by atoms with van der Waals surface area (Å²) in [5.74, 6) is 0.736. The Morgan fingerprint density at radius 3 is 2.71 bits per heavy atom. The summed E-state index contributed by atoms with van der Waals surface area (Å²) in [5.41, 5.74) is 2.71. The number of ether oxygens (including phenoxy) is 3. The van der Waals surface area contributed by atoms with Crippen LogP contribution in [0.25, 0.3) is 16.6 Å². The highest BCUT2D eigenvalue weighted by atomic mass is 16.7. The molecule has 11 heteroatoms. The van der Waals surface area contributed by atoms with E-state index in [1.807, 2.05) is 32.0 Å². The van der Waals surface area contributed by atoms with Crippen molar-refractivity contribution in [1.29, 1.82) is 5.26 Å². The van der Waals surface area contributed by atoms with Crippen LogP contribution in [0.3, 0.4) is 0 Å². The van der Waals surface area contributed by atoms with E-state index in [1.54, 1.807) is 16.9 Å². The third-order valence-electron chi connectivity index (χ3n) is 6.14. The molecule has 11 nitrogen and oxygen atoms in total. The van der Waals surface area contributed by atoms with Crippen molar-refractivity contribution in [2.24, 2.45) is 0 Å². The highest BCUT2D eigenvalue weighted by Crippen LogP contribution is 2.32. The van der Waals surface area contributed by atoms with Gasteiger partial charge in [0.25, 0.3) is 0 Å². The number of piperazine rings is 1. The molecule has 2 fully saturated rings. The van der Waals surface area contributed by atoms with Gasteiger partial charge >= 0.3 is 6.09 Å². The predicted octanol–water partition coefficient (Wildman–Crippen LogP) is 2.60. The lowest BCUT2D eigenvalue weighted by atomic mass is 10.1. The first-order valence-corrected chi connectivity index (χ1v) is 11.4. The van der Waals surface area contributed by atoms with Crippen molar-refractivity contribution in [2.45, 2.75) is 25.7 Å². The van der Waals surface area contributed by atoms with Gasteiger partial charge in [0.1, 0.15) is 30.3 Å². The number of amides is 1. The number of nitrogens with zero attached hydrogens (tertiary/aromatic N) is 6. The first-order valence-electron chi connectivity index (χ1n) is 11.4. The first kappa shape index (κ1) is 22.9. The molecule has 0 spiro atoms. The van der Waals surface area contributed by atoms with Crippen LogP contribution in [0, 0.1) is 11.3 Å². The Balaban J connectivity index is 1.39. The van der Waals surface area contributed by atoms with Gasteiger partial charge in [-0.2, -0.15) is 10.4 Å². The van der Waals surface area contributed by atoms with Crippen molar-refractivity contribution in [3.8, 4) is 22.9 Å². The average Bonchev–Trinajstić information content (AvgIpc) is 3.44. The minimum Gasteiger partial charge on any atom is -0.489 e. The third-order valence-corrected chi connectivity index (χ3v) is 6.14. The fourth-order valence-corrected chi connectivity index (χ4v) is 4.37. The normalized spacial score (nSPS) is 19.6. The summed E-state index contributed by atoms with van der Waals surface area (Å²) in [6.07, 6.45) is 3.94. The maximum atomic E-state index is 11.2. The van der Waals surface area contributed by atoms with Gasteiger partial charge < -0.3 is 29.1 Å². The summed E-state index contributed by atoms with van der Waals surface area (Å²) in [7, 11) is 0. The smallest absolute Gasteiger partial charge is 0.407 e. The van der Waals surface area contributed by atoms with Crippen LogP contribution in [0.2, 0.25) is 0 Å². The topological polar surface area (TPSA) is 125 Å². The van der Waals surface area contributed by atoms with Gasteiger partial charge in [-0.15, -0.1) is 0 Å². The molecular weight excluding hydrogens is 452 g/mol. The number of aromatic nitrogens is 3. The Bertz CT molecular complexity index is 1270. The van der Waals surface area contributed by atoms with Gasteiger partial charge in [-0.3, -0.25) is 0 Å². The molecule has 5 heterocycles. The minimum absolute atomic E-state index is 0.181. The summed E-state index contributed by atoms with van der Waals surface area (Å²) in [6.45, 7) is 6.55. The van der Waals surface area contributed by atoms with Crippen LogP contribution in [0.5, 0.6) is 5.75 Å². The molecule has 1 atom stereocenters. The number of carboxylic acid groups (broad SMARTS) is 1. The summed E-state index contributed by atoms with van der Waals surface area (Å²) in [5, 5.41) is 23.1. The molecule has 0 unspecified atom stereocenters. The molecule has 0 saturated carbocycles. The number of hydrogen-bond donors (Lipinski definition) is 1. The lowest BCUT2D eigenvalue weighted by Gasteiger charge is -2.33. The number of anilines is 1. The molecule has 2 saturated heterocycles. The largest absolute Gasteiger partial charge is 0.489 e. The number of rotatable bonds is 5. The minimum atomic E-state index is -0.899. The van der Waals surface area contributed by atoms with Crippen molar-refractivity contribution in [3.63, 3.8) is 0 Å². The molecule has 182 valence electrons. The first-order chi connectivity index (χ1) is 16.8. The zero-order valence-corrected chi connectivity index (χ0v) is 19.5. The molecule has 3 aromatic rings. The Kier molecular flexibility index (Phi) is 5.92. The number of hydrogen-bond acceptors (Lipinski definition) is 8. The van der Waals surface area contributed by atoms with Gasteiger partial charge in [0.05, 0.1) is 30.1 Å². The third kappa shape index (κ3) is 4.71. The van der Waals surface area contributed by atoms with E-state index in [1.165, 1.54) is 11.1 Å². The maximum absolute atomic E-state index is 11.2. The van der Waals surface area contributed by atoms with Gasteiger partial charge in [-0.1, -0.05) is 0 Å². The molecule has 2 aliphatic heterocycles. The van der Waals surface area contributed by atoms with Crippen LogP contribution in [0.4, 0.5) is 10.6 Å². The van der Waals surface area contributed by atoms with E-state index in [0.717, 1.165) is 16.9 Å². The molecule has 35 heavy (non-hydrogen) atoms. The van der Waals surface area contributed by atoms with E-state index >= 15 is 0 Å². The molecule has 3 aromatic heterocycles. The van der Waals surface area contributed by atoms with E-state index in [4.69, 9.17) is 19.3 Å². The molecule has 0 aromatic carbocycles. The highest BCUT2D eigenvalue weighted by molar-refractivity contribution is 5.85. The SMILES string of the molecule is CC1(C)OC[C@H](COc2cc(-c3ccc(N4CCN(C(=O)O)CC4)nc3)c3c(C#N)cnn3c2)O1. The molecule has 0 bridgehead atoms. The summed E-state index contributed by atoms with van der Waals surface area (Å²) < 4.78 is 19.1. The highest BCUT2D eigenvalue weighted by Gasteiger charge is 2.33. The van der Waals surface area contributed by atoms with E-state index in [-0.39, 0.29) is 6.10 Å². The lowest BCUT2D eigenvalue weighted by Crippen LogP contribution is -2.48. The lowest BCUT2D eigenvalue weighted by molar-refractivity contribution is -0.141. The van der Waals surface area contributed by atoms with Gasteiger partial charge in [0.15, 0.2) is 5.79 Å². The van der Waals surface area contributed by atoms with E-state index in [0.29, 0.717) is 56.2 Å². The second kappa shape index (κ2) is 9.05. The molecule has 1 N–H and O–H groups in total. The van der Waals surface area contributed by atoms with Crippen LogP contribution in [0.1, 0.15) is 19.4 Å². The van der Waals surface area contributed by atoms with Crippen LogP contribution in [0.15, 0.2) is 36.8 Å². The zero-order chi connectivity index (χ0) is 24.6.